The van der Waals surface area contributed by atoms with E-state index in [0.717, 1.165) is 31.2 Å². The number of aromatic carboxylic acids is 1. The molecule has 1 aromatic carbocycles. The maximum atomic E-state index is 10.9. The molecule has 1 fully saturated rings. The second-order valence-electron chi connectivity index (χ2n) is 5.12. The molecular weight excluding hydrogens is 315 g/mol. The van der Waals surface area contributed by atoms with Gasteiger partial charge in [-0.2, -0.15) is 0 Å². The van der Waals surface area contributed by atoms with Gasteiger partial charge in [-0.25, -0.2) is 4.79 Å². The van der Waals surface area contributed by atoms with Gasteiger partial charge in [0.2, 0.25) is 0 Å². The smallest absolute Gasteiger partial charge is 0.335 e. The molecule has 2 atom stereocenters. The summed E-state index contributed by atoms with van der Waals surface area (Å²) >= 11 is 0. The largest absolute Gasteiger partial charge is 0.478 e. The number of benzene rings is 1. The monoisotopic (exact) mass is 336 g/mol. The van der Waals surface area contributed by atoms with Crippen LogP contribution in [0.5, 0.6) is 0 Å². The Morgan fingerprint density at radius 3 is 2.67 bits per heavy atom. The van der Waals surface area contributed by atoms with Gasteiger partial charge in [-0.05, 0) is 49.4 Å². The molecule has 21 heavy (non-hydrogen) atoms. The number of hydrogen-bond donors (Lipinski definition) is 4. The molecular formula is C14H22Cl2N2O3. The molecule has 2 rings (SSSR count). The Morgan fingerprint density at radius 1 is 1.33 bits per heavy atom. The standard InChI is InChI=1S/C14H20N2O3.2ClH/c15-13-5-4-9(14(18)19)6-10(13)8-16-11-2-1-3-12(17)7-11;;/h4-6,11-12,16-17H,1-3,7-8,15H2,(H,18,19);2*1H/t11-,12+;;/m0../s1. The van der Waals surface area contributed by atoms with E-state index < -0.39 is 5.97 Å². The first-order valence-corrected chi connectivity index (χ1v) is 6.59. The molecule has 0 saturated heterocycles. The van der Waals surface area contributed by atoms with Crippen molar-refractivity contribution in [1.82, 2.24) is 5.32 Å². The zero-order valence-electron chi connectivity index (χ0n) is 11.6. The van der Waals surface area contributed by atoms with E-state index >= 15 is 0 Å². The first-order valence-electron chi connectivity index (χ1n) is 6.59. The summed E-state index contributed by atoms with van der Waals surface area (Å²) in [5, 5.41) is 21.9. The van der Waals surface area contributed by atoms with Crippen molar-refractivity contribution in [1.29, 1.82) is 0 Å². The molecule has 1 saturated carbocycles. The number of halogens is 2. The zero-order valence-corrected chi connectivity index (χ0v) is 13.3. The predicted molar refractivity (Wildman–Crippen MR) is 87.4 cm³/mol. The SMILES string of the molecule is Cl.Cl.Nc1ccc(C(=O)O)cc1CN[C@H]1CCC[C@@H](O)C1. The van der Waals surface area contributed by atoms with E-state index in [9.17, 15) is 9.90 Å². The summed E-state index contributed by atoms with van der Waals surface area (Å²) in [6.45, 7) is 0.532. The summed E-state index contributed by atoms with van der Waals surface area (Å²) in [4.78, 5) is 10.9. The number of nitrogens with two attached hydrogens (primary N) is 1. The molecule has 5 N–H and O–H groups in total. The van der Waals surface area contributed by atoms with Gasteiger partial charge < -0.3 is 21.3 Å². The lowest BCUT2D eigenvalue weighted by atomic mass is 9.93. The van der Waals surface area contributed by atoms with Crippen LogP contribution in [0.3, 0.4) is 0 Å². The Balaban J connectivity index is 0.00000200. The molecule has 0 aromatic heterocycles. The highest BCUT2D eigenvalue weighted by molar-refractivity contribution is 5.88. The average Bonchev–Trinajstić information content (AvgIpc) is 2.37. The molecule has 120 valence electrons. The summed E-state index contributed by atoms with van der Waals surface area (Å²) in [5.74, 6) is -0.950. The van der Waals surface area contributed by atoms with Crippen LogP contribution in [0.1, 0.15) is 41.6 Å². The average molecular weight is 337 g/mol. The van der Waals surface area contributed by atoms with Crippen LogP contribution in [0.2, 0.25) is 0 Å². The number of rotatable bonds is 4. The maximum Gasteiger partial charge on any atom is 0.335 e. The summed E-state index contributed by atoms with van der Waals surface area (Å²) in [6, 6.07) is 5.00. The first-order chi connectivity index (χ1) is 9.06. The Kier molecular flexibility index (Phi) is 8.66. The van der Waals surface area contributed by atoms with E-state index in [1.807, 2.05) is 0 Å². The number of carboxylic acid groups (broad SMARTS) is 1. The number of hydrogen-bond acceptors (Lipinski definition) is 4. The lowest BCUT2D eigenvalue weighted by molar-refractivity contribution is 0.0697. The quantitative estimate of drug-likeness (QED) is 0.632. The van der Waals surface area contributed by atoms with E-state index in [1.165, 1.54) is 6.07 Å². The third-order valence-corrected chi connectivity index (χ3v) is 3.62. The van der Waals surface area contributed by atoms with Crippen molar-refractivity contribution in [2.75, 3.05) is 5.73 Å². The Bertz CT molecular complexity index is 472. The van der Waals surface area contributed by atoms with Crippen LogP contribution in [0, 0.1) is 0 Å². The maximum absolute atomic E-state index is 10.9. The Labute approximate surface area is 136 Å². The topological polar surface area (TPSA) is 95.6 Å². The minimum Gasteiger partial charge on any atom is -0.478 e. The van der Waals surface area contributed by atoms with Gasteiger partial charge in [0.1, 0.15) is 0 Å². The van der Waals surface area contributed by atoms with Gasteiger partial charge in [0.05, 0.1) is 11.7 Å². The number of nitrogens with one attached hydrogen (secondary N) is 1. The van der Waals surface area contributed by atoms with Crippen LogP contribution in [0.4, 0.5) is 5.69 Å². The van der Waals surface area contributed by atoms with Crippen molar-refractivity contribution in [3.05, 3.63) is 29.3 Å². The van der Waals surface area contributed by atoms with Gasteiger partial charge in [-0.3, -0.25) is 0 Å². The highest BCUT2D eigenvalue weighted by Gasteiger charge is 2.19. The molecule has 0 heterocycles. The van der Waals surface area contributed by atoms with Crippen LogP contribution in [-0.4, -0.2) is 28.3 Å². The fraction of sp³-hybridized carbons (Fsp3) is 0.500. The first kappa shape index (κ1) is 20.0. The third kappa shape index (κ3) is 5.71. The van der Waals surface area contributed by atoms with Crippen LogP contribution in [-0.2, 0) is 6.54 Å². The van der Waals surface area contributed by atoms with E-state index in [0.29, 0.717) is 12.2 Å². The van der Waals surface area contributed by atoms with Crippen molar-refractivity contribution in [3.63, 3.8) is 0 Å². The van der Waals surface area contributed by atoms with E-state index in [2.05, 4.69) is 5.32 Å². The second kappa shape index (κ2) is 9.10. The van der Waals surface area contributed by atoms with Crippen molar-refractivity contribution in [2.45, 2.75) is 44.4 Å². The fourth-order valence-corrected chi connectivity index (χ4v) is 2.50. The molecule has 5 nitrogen and oxygen atoms in total. The van der Waals surface area contributed by atoms with Gasteiger partial charge in [0.15, 0.2) is 0 Å². The highest BCUT2D eigenvalue weighted by Crippen LogP contribution is 2.20. The second-order valence-corrected chi connectivity index (χ2v) is 5.12. The van der Waals surface area contributed by atoms with Crippen molar-refractivity contribution < 1.29 is 15.0 Å². The molecule has 0 aliphatic heterocycles. The number of aliphatic hydroxyl groups is 1. The summed E-state index contributed by atoms with van der Waals surface area (Å²) in [5.41, 5.74) is 7.48. The van der Waals surface area contributed by atoms with Gasteiger partial charge in [0.25, 0.3) is 0 Å². The Hall–Kier alpha value is -1.01. The number of nitrogen functional groups attached to an aromatic ring is 1. The lowest BCUT2D eigenvalue weighted by Gasteiger charge is -2.27. The van der Waals surface area contributed by atoms with Gasteiger partial charge in [-0.1, -0.05) is 0 Å². The summed E-state index contributed by atoms with van der Waals surface area (Å²) in [6.07, 6.45) is 3.45. The third-order valence-electron chi connectivity index (χ3n) is 3.62. The summed E-state index contributed by atoms with van der Waals surface area (Å²) in [7, 11) is 0. The predicted octanol–water partition coefficient (Wildman–Crippen LogP) is 2.20. The molecule has 0 bridgehead atoms. The summed E-state index contributed by atoms with van der Waals surface area (Å²) < 4.78 is 0. The fourth-order valence-electron chi connectivity index (χ4n) is 2.50. The van der Waals surface area contributed by atoms with Crippen LogP contribution >= 0.6 is 24.8 Å². The minimum atomic E-state index is -0.950. The number of carbonyl (C=O) groups is 1. The number of aliphatic hydroxyl groups excluding tert-OH is 1. The van der Waals surface area contributed by atoms with Crippen molar-refractivity contribution >= 4 is 36.5 Å². The van der Waals surface area contributed by atoms with Gasteiger partial charge in [0, 0.05) is 18.3 Å². The number of anilines is 1. The van der Waals surface area contributed by atoms with E-state index in [1.54, 1.807) is 12.1 Å². The molecule has 0 amide bonds. The zero-order chi connectivity index (χ0) is 13.8. The molecule has 0 unspecified atom stereocenters. The molecule has 0 spiro atoms. The van der Waals surface area contributed by atoms with Gasteiger partial charge >= 0.3 is 5.97 Å². The molecule has 1 aromatic rings. The highest BCUT2D eigenvalue weighted by atomic mass is 35.5. The molecule has 1 aliphatic carbocycles. The van der Waals surface area contributed by atoms with Crippen LogP contribution in [0.15, 0.2) is 18.2 Å². The van der Waals surface area contributed by atoms with Crippen LogP contribution in [0.25, 0.3) is 0 Å². The minimum absolute atomic E-state index is 0. The van der Waals surface area contributed by atoms with Crippen molar-refractivity contribution in [2.24, 2.45) is 0 Å². The normalized spacial score (nSPS) is 21.0. The van der Waals surface area contributed by atoms with Crippen LogP contribution < -0.4 is 11.1 Å². The lowest BCUT2D eigenvalue weighted by Crippen LogP contribution is -2.35. The molecule has 0 radical (unpaired) electrons. The van der Waals surface area contributed by atoms with E-state index in [4.69, 9.17) is 10.8 Å². The molecule has 7 heteroatoms. The number of carboxylic acids is 1. The van der Waals surface area contributed by atoms with Gasteiger partial charge in [-0.15, -0.1) is 24.8 Å². The van der Waals surface area contributed by atoms with E-state index in [-0.39, 0.29) is 42.5 Å². The Morgan fingerprint density at radius 2 is 2.05 bits per heavy atom. The molecule has 1 aliphatic rings. The van der Waals surface area contributed by atoms with Crippen molar-refractivity contribution in [3.8, 4) is 0 Å².